The van der Waals surface area contributed by atoms with Crippen molar-refractivity contribution in [3.05, 3.63) is 23.9 Å². The molecule has 1 fully saturated rings. The summed E-state index contributed by atoms with van der Waals surface area (Å²) in [4.78, 5) is 20.9. The molecule has 0 radical (unpaired) electrons. The van der Waals surface area contributed by atoms with Gasteiger partial charge in [0.2, 0.25) is 5.91 Å². The van der Waals surface area contributed by atoms with Crippen LogP contribution in [0.4, 0.5) is 5.82 Å². The number of rotatable bonds is 8. The van der Waals surface area contributed by atoms with Crippen LogP contribution >= 0.6 is 11.8 Å². The van der Waals surface area contributed by atoms with Gasteiger partial charge in [0.25, 0.3) is 0 Å². The molecular weight excluding hydrogens is 308 g/mol. The molecule has 128 valence electrons. The molecule has 1 N–H and O–H groups in total. The first-order valence-electron chi connectivity index (χ1n) is 8.42. The first kappa shape index (κ1) is 18.1. The molecule has 0 bridgehead atoms. The van der Waals surface area contributed by atoms with E-state index in [0.717, 1.165) is 43.3 Å². The van der Waals surface area contributed by atoms with Gasteiger partial charge in [0.15, 0.2) is 0 Å². The summed E-state index contributed by atoms with van der Waals surface area (Å²) in [5, 5.41) is 2.96. The number of pyridine rings is 1. The molecule has 0 atom stereocenters. The zero-order chi connectivity index (χ0) is 16.5. The minimum absolute atomic E-state index is 0.106. The van der Waals surface area contributed by atoms with Crippen molar-refractivity contribution in [1.29, 1.82) is 0 Å². The summed E-state index contributed by atoms with van der Waals surface area (Å²) in [7, 11) is 2.15. The number of hydrogen-bond donors (Lipinski definition) is 1. The molecule has 1 aliphatic rings. The fourth-order valence-corrected chi connectivity index (χ4v) is 3.33. The summed E-state index contributed by atoms with van der Waals surface area (Å²) in [6.45, 7) is 6.93. The van der Waals surface area contributed by atoms with Crippen LogP contribution in [0.25, 0.3) is 0 Å². The average molecular weight is 337 g/mol. The maximum absolute atomic E-state index is 11.8. The number of carbonyl (C=O) groups excluding carboxylic acids is 1. The highest BCUT2D eigenvalue weighted by Gasteiger charge is 2.14. The Bertz CT molecular complexity index is 472. The number of aromatic nitrogens is 1. The van der Waals surface area contributed by atoms with Gasteiger partial charge in [0.05, 0.1) is 5.75 Å². The number of anilines is 1. The number of nitrogens with one attached hydrogen (secondary N) is 1. The number of amides is 1. The molecule has 0 unspecified atom stereocenters. The summed E-state index contributed by atoms with van der Waals surface area (Å²) >= 11 is 1.70. The molecule has 0 aliphatic carbocycles. The highest BCUT2D eigenvalue weighted by Crippen LogP contribution is 2.13. The van der Waals surface area contributed by atoms with Crippen molar-refractivity contribution in [2.45, 2.75) is 26.3 Å². The van der Waals surface area contributed by atoms with E-state index < -0.39 is 0 Å². The summed E-state index contributed by atoms with van der Waals surface area (Å²) in [5.74, 6) is 2.75. The predicted molar refractivity (Wildman–Crippen MR) is 98.0 cm³/mol. The Kier molecular flexibility index (Phi) is 7.68. The zero-order valence-corrected chi connectivity index (χ0v) is 15.1. The Balaban J connectivity index is 1.71. The third-order valence-corrected chi connectivity index (χ3v) is 5.05. The Morgan fingerprint density at radius 3 is 2.74 bits per heavy atom. The number of nitrogens with zero attached hydrogens (tertiary/aromatic N) is 3. The van der Waals surface area contributed by atoms with Crippen LogP contribution in [-0.4, -0.2) is 60.5 Å². The highest BCUT2D eigenvalue weighted by atomic mass is 32.2. The molecule has 2 heterocycles. The topological polar surface area (TPSA) is 48.5 Å². The van der Waals surface area contributed by atoms with Gasteiger partial charge in [0, 0.05) is 38.9 Å². The van der Waals surface area contributed by atoms with Crippen LogP contribution in [-0.2, 0) is 11.3 Å². The van der Waals surface area contributed by atoms with Crippen molar-refractivity contribution in [3.8, 4) is 0 Å². The molecule has 6 heteroatoms. The number of thioether (sulfide) groups is 1. The lowest BCUT2D eigenvalue weighted by atomic mass is 10.2. The van der Waals surface area contributed by atoms with E-state index in [1.54, 1.807) is 11.8 Å². The minimum Gasteiger partial charge on any atom is -0.354 e. The number of piperazine rings is 1. The van der Waals surface area contributed by atoms with Crippen molar-refractivity contribution >= 4 is 23.5 Å². The van der Waals surface area contributed by atoms with Crippen LogP contribution in [0.3, 0.4) is 0 Å². The van der Waals surface area contributed by atoms with E-state index in [1.165, 1.54) is 12.8 Å². The van der Waals surface area contributed by atoms with Gasteiger partial charge in [-0.05, 0) is 30.9 Å². The molecule has 2 rings (SSSR count). The van der Waals surface area contributed by atoms with Crippen molar-refractivity contribution in [2.75, 3.05) is 49.6 Å². The second-order valence-corrected chi connectivity index (χ2v) is 7.10. The fourth-order valence-electron chi connectivity index (χ4n) is 2.41. The zero-order valence-electron chi connectivity index (χ0n) is 14.3. The van der Waals surface area contributed by atoms with Crippen LogP contribution in [0.5, 0.6) is 0 Å². The van der Waals surface area contributed by atoms with Crippen LogP contribution in [0.15, 0.2) is 18.3 Å². The quantitative estimate of drug-likeness (QED) is 0.736. The molecule has 5 nitrogen and oxygen atoms in total. The lowest BCUT2D eigenvalue weighted by Crippen LogP contribution is -2.44. The van der Waals surface area contributed by atoms with Crippen molar-refractivity contribution < 1.29 is 4.79 Å². The first-order chi connectivity index (χ1) is 11.2. The SMILES string of the molecule is CCCCSCC(=O)NCc1ccc(N2CCN(C)CC2)nc1. The highest BCUT2D eigenvalue weighted by molar-refractivity contribution is 7.99. The standard InChI is InChI=1S/C17H28N4OS/c1-3-4-11-23-14-17(22)19-13-15-5-6-16(18-12-15)21-9-7-20(2)8-10-21/h5-6,12H,3-4,7-11,13-14H2,1-2H3,(H,19,22). The third kappa shape index (κ3) is 6.39. The lowest BCUT2D eigenvalue weighted by molar-refractivity contribution is -0.118. The van der Waals surface area contributed by atoms with Gasteiger partial charge in [-0.1, -0.05) is 19.4 Å². The Labute approximate surface area is 143 Å². The van der Waals surface area contributed by atoms with Gasteiger partial charge in [-0.15, -0.1) is 0 Å². The minimum atomic E-state index is 0.106. The van der Waals surface area contributed by atoms with Gasteiger partial charge < -0.3 is 15.1 Å². The monoisotopic (exact) mass is 336 g/mol. The van der Waals surface area contributed by atoms with E-state index in [-0.39, 0.29) is 5.91 Å². The van der Waals surface area contributed by atoms with Gasteiger partial charge >= 0.3 is 0 Å². The molecule has 1 aromatic heterocycles. The molecule has 0 spiro atoms. The molecular formula is C17H28N4OS. The molecule has 1 amide bonds. The summed E-state index contributed by atoms with van der Waals surface area (Å²) in [5.41, 5.74) is 1.05. The number of hydrogen-bond acceptors (Lipinski definition) is 5. The molecule has 0 aromatic carbocycles. The second-order valence-electron chi connectivity index (χ2n) is 6.00. The maximum Gasteiger partial charge on any atom is 0.230 e. The van der Waals surface area contributed by atoms with Crippen LogP contribution in [0, 0.1) is 0 Å². The van der Waals surface area contributed by atoms with E-state index in [2.05, 4.69) is 46.2 Å². The average Bonchev–Trinajstić information content (AvgIpc) is 2.58. The molecule has 1 aliphatic heterocycles. The summed E-state index contributed by atoms with van der Waals surface area (Å²) < 4.78 is 0. The molecule has 1 aromatic rings. The second kappa shape index (κ2) is 9.78. The third-order valence-electron chi connectivity index (χ3n) is 4.00. The fraction of sp³-hybridized carbons (Fsp3) is 0.647. The Morgan fingerprint density at radius 2 is 2.09 bits per heavy atom. The maximum atomic E-state index is 11.8. The van der Waals surface area contributed by atoms with Crippen LogP contribution < -0.4 is 10.2 Å². The Morgan fingerprint density at radius 1 is 1.30 bits per heavy atom. The summed E-state index contributed by atoms with van der Waals surface area (Å²) in [6, 6.07) is 4.12. The number of likely N-dealkylation sites (N-methyl/N-ethyl adjacent to an activating group) is 1. The van der Waals surface area contributed by atoms with Crippen LogP contribution in [0.1, 0.15) is 25.3 Å². The van der Waals surface area contributed by atoms with E-state index in [0.29, 0.717) is 12.3 Å². The Hall–Kier alpha value is -1.27. The van der Waals surface area contributed by atoms with Crippen LogP contribution in [0.2, 0.25) is 0 Å². The van der Waals surface area contributed by atoms with Gasteiger partial charge in [-0.25, -0.2) is 4.98 Å². The molecule has 1 saturated heterocycles. The van der Waals surface area contributed by atoms with E-state index in [9.17, 15) is 4.79 Å². The molecule has 23 heavy (non-hydrogen) atoms. The summed E-state index contributed by atoms with van der Waals surface area (Å²) in [6.07, 6.45) is 4.23. The van der Waals surface area contributed by atoms with Crippen molar-refractivity contribution in [1.82, 2.24) is 15.2 Å². The number of carbonyl (C=O) groups is 1. The largest absolute Gasteiger partial charge is 0.354 e. The van der Waals surface area contributed by atoms with E-state index in [4.69, 9.17) is 0 Å². The predicted octanol–water partition coefficient (Wildman–Crippen LogP) is 1.98. The van der Waals surface area contributed by atoms with Gasteiger partial charge in [-0.2, -0.15) is 11.8 Å². The van der Waals surface area contributed by atoms with Crippen molar-refractivity contribution in [2.24, 2.45) is 0 Å². The van der Waals surface area contributed by atoms with Gasteiger partial charge in [0.1, 0.15) is 5.82 Å². The van der Waals surface area contributed by atoms with Crippen molar-refractivity contribution in [3.63, 3.8) is 0 Å². The van der Waals surface area contributed by atoms with Gasteiger partial charge in [-0.3, -0.25) is 4.79 Å². The lowest BCUT2D eigenvalue weighted by Gasteiger charge is -2.33. The normalized spacial score (nSPS) is 15.7. The van der Waals surface area contributed by atoms with E-state index >= 15 is 0 Å². The number of unbranched alkanes of at least 4 members (excludes halogenated alkanes) is 1. The van der Waals surface area contributed by atoms with E-state index in [1.807, 2.05) is 6.20 Å². The first-order valence-corrected chi connectivity index (χ1v) is 9.57. The molecule has 0 saturated carbocycles. The smallest absolute Gasteiger partial charge is 0.230 e.